The maximum Gasteiger partial charge on any atom is 0.150 e. The molecule has 3 atom stereocenters. The minimum atomic E-state index is -0.271. The lowest BCUT2D eigenvalue weighted by molar-refractivity contribution is -0.157. The van der Waals surface area contributed by atoms with Gasteiger partial charge in [-0.2, -0.15) is 0 Å². The first-order valence-electron chi connectivity index (χ1n) is 13.7. The summed E-state index contributed by atoms with van der Waals surface area (Å²) in [6, 6.07) is 30.9. The van der Waals surface area contributed by atoms with E-state index in [2.05, 4.69) is 54.6 Å². The molecule has 37 heavy (non-hydrogen) atoms. The van der Waals surface area contributed by atoms with Crippen LogP contribution >= 0.6 is 0 Å². The van der Waals surface area contributed by atoms with Gasteiger partial charge in [-0.3, -0.25) is 0 Å². The summed E-state index contributed by atoms with van der Waals surface area (Å²) in [6.45, 7) is 2.03. The first kappa shape index (κ1) is 25.7. The van der Waals surface area contributed by atoms with Gasteiger partial charge in [0.05, 0.1) is 32.2 Å². The summed E-state index contributed by atoms with van der Waals surface area (Å²) in [6.07, 6.45) is 7.64. The van der Waals surface area contributed by atoms with Crippen LogP contribution in [0.3, 0.4) is 0 Å². The van der Waals surface area contributed by atoms with Crippen LogP contribution < -0.4 is 0 Å². The molecule has 0 spiro atoms. The van der Waals surface area contributed by atoms with Crippen LogP contribution in [0.15, 0.2) is 103 Å². The van der Waals surface area contributed by atoms with Gasteiger partial charge >= 0.3 is 0 Å². The standard InChI is InChI=1S/C33H38O4/c1-5-13-26(14-6-1)22-34-25-32-33(36-24-28-17-9-3-10-18-28)31(35-23-27-15-7-2-8-16-27)21-30(37-32)29-19-11-4-12-20-29/h1-3,5-10,13-18,21,29,31-33H,4,11-12,19-20,22-25H2/t31-,32-,33+/m1/s1. The van der Waals surface area contributed by atoms with E-state index in [1.807, 2.05) is 42.5 Å². The fourth-order valence-corrected chi connectivity index (χ4v) is 5.24. The van der Waals surface area contributed by atoms with E-state index in [9.17, 15) is 0 Å². The van der Waals surface area contributed by atoms with Crippen molar-refractivity contribution in [1.82, 2.24) is 0 Å². The van der Waals surface area contributed by atoms with Gasteiger partial charge in [-0.1, -0.05) is 110 Å². The molecule has 1 aliphatic heterocycles. The van der Waals surface area contributed by atoms with Gasteiger partial charge in [0.25, 0.3) is 0 Å². The van der Waals surface area contributed by atoms with Gasteiger partial charge < -0.3 is 18.9 Å². The van der Waals surface area contributed by atoms with E-state index < -0.39 is 0 Å². The number of hydrogen-bond acceptors (Lipinski definition) is 4. The molecule has 194 valence electrons. The predicted octanol–water partition coefficient (Wildman–Crippen LogP) is 7.24. The highest BCUT2D eigenvalue weighted by molar-refractivity contribution is 5.17. The van der Waals surface area contributed by atoms with Crippen LogP contribution in [0.2, 0.25) is 0 Å². The van der Waals surface area contributed by atoms with Crippen LogP contribution in [0.4, 0.5) is 0 Å². The molecule has 2 aliphatic rings. The van der Waals surface area contributed by atoms with Gasteiger partial charge in [0.15, 0.2) is 6.10 Å². The van der Waals surface area contributed by atoms with Crippen molar-refractivity contribution in [2.24, 2.45) is 5.92 Å². The van der Waals surface area contributed by atoms with Gasteiger partial charge in [-0.05, 0) is 35.6 Å². The Bertz CT molecular complexity index is 1080. The maximum absolute atomic E-state index is 6.68. The number of ether oxygens (including phenoxy) is 4. The van der Waals surface area contributed by atoms with E-state index in [1.165, 1.54) is 32.1 Å². The van der Waals surface area contributed by atoms with Crippen LogP contribution in [0.1, 0.15) is 48.8 Å². The molecule has 0 bridgehead atoms. The van der Waals surface area contributed by atoms with E-state index >= 15 is 0 Å². The predicted molar refractivity (Wildman–Crippen MR) is 146 cm³/mol. The van der Waals surface area contributed by atoms with Crippen molar-refractivity contribution >= 4 is 0 Å². The number of hydrogen-bond donors (Lipinski definition) is 0. The number of benzene rings is 3. The molecule has 0 radical (unpaired) electrons. The molecule has 4 nitrogen and oxygen atoms in total. The zero-order valence-corrected chi connectivity index (χ0v) is 21.5. The second-order valence-electron chi connectivity index (χ2n) is 10.1. The second-order valence-corrected chi connectivity index (χ2v) is 10.1. The van der Waals surface area contributed by atoms with Crippen LogP contribution in [0, 0.1) is 5.92 Å². The zero-order valence-electron chi connectivity index (χ0n) is 21.5. The fourth-order valence-electron chi connectivity index (χ4n) is 5.24. The third-order valence-electron chi connectivity index (χ3n) is 7.28. The molecule has 1 fully saturated rings. The SMILES string of the molecule is C1=C(C2CCCCC2)O[C@H](COCc2ccccc2)[C@@H](OCc2ccccc2)[C@@H]1OCc1ccccc1. The Morgan fingerprint density at radius 2 is 1.16 bits per heavy atom. The molecule has 0 saturated heterocycles. The Morgan fingerprint density at radius 1 is 0.622 bits per heavy atom. The van der Waals surface area contributed by atoms with Crippen molar-refractivity contribution in [1.29, 1.82) is 0 Å². The highest BCUT2D eigenvalue weighted by atomic mass is 16.6. The minimum absolute atomic E-state index is 0.208. The third-order valence-corrected chi connectivity index (χ3v) is 7.28. The molecule has 0 N–H and O–H groups in total. The molecular weight excluding hydrogens is 460 g/mol. The van der Waals surface area contributed by atoms with Crippen molar-refractivity contribution in [3.63, 3.8) is 0 Å². The molecule has 0 aromatic heterocycles. The summed E-state index contributed by atoms with van der Waals surface area (Å²) in [7, 11) is 0. The highest BCUT2D eigenvalue weighted by Gasteiger charge is 2.39. The van der Waals surface area contributed by atoms with Gasteiger partial charge in [0.2, 0.25) is 0 Å². The lowest BCUT2D eigenvalue weighted by Crippen LogP contribution is -2.48. The molecule has 0 amide bonds. The minimum Gasteiger partial charge on any atom is -0.489 e. The average Bonchev–Trinajstić information content (AvgIpc) is 2.97. The zero-order chi connectivity index (χ0) is 25.1. The molecule has 1 aliphatic carbocycles. The molecule has 0 unspecified atom stereocenters. The molecule has 1 heterocycles. The van der Waals surface area contributed by atoms with Crippen molar-refractivity contribution in [3.05, 3.63) is 120 Å². The molecule has 3 aromatic carbocycles. The summed E-state index contributed by atoms with van der Waals surface area (Å²) in [5, 5.41) is 0. The quantitative estimate of drug-likeness (QED) is 0.279. The van der Waals surface area contributed by atoms with E-state index in [1.54, 1.807) is 0 Å². The largest absolute Gasteiger partial charge is 0.489 e. The first-order valence-corrected chi connectivity index (χ1v) is 13.7. The lowest BCUT2D eigenvalue weighted by atomic mass is 9.86. The third kappa shape index (κ3) is 7.54. The summed E-state index contributed by atoms with van der Waals surface area (Å²) in [4.78, 5) is 0. The highest BCUT2D eigenvalue weighted by Crippen LogP contribution is 2.36. The van der Waals surface area contributed by atoms with Crippen molar-refractivity contribution in [2.45, 2.75) is 70.2 Å². The van der Waals surface area contributed by atoms with E-state index in [0.29, 0.717) is 32.3 Å². The van der Waals surface area contributed by atoms with Gasteiger partial charge in [0.1, 0.15) is 12.2 Å². The molecule has 4 heteroatoms. The summed E-state index contributed by atoms with van der Waals surface area (Å²) >= 11 is 0. The van der Waals surface area contributed by atoms with Crippen LogP contribution in [-0.4, -0.2) is 24.9 Å². The summed E-state index contributed by atoms with van der Waals surface area (Å²) in [5.41, 5.74) is 3.44. The van der Waals surface area contributed by atoms with Gasteiger partial charge in [-0.25, -0.2) is 0 Å². The fraction of sp³-hybridized carbons (Fsp3) is 0.394. The molecular formula is C33H38O4. The van der Waals surface area contributed by atoms with Crippen molar-refractivity contribution in [3.8, 4) is 0 Å². The van der Waals surface area contributed by atoms with E-state index in [4.69, 9.17) is 18.9 Å². The topological polar surface area (TPSA) is 36.9 Å². The van der Waals surface area contributed by atoms with Crippen LogP contribution in [0.25, 0.3) is 0 Å². The van der Waals surface area contributed by atoms with E-state index in [-0.39, 0.29) is 18.3 Å². The van der Waals surface area contributed by atoms with Crippen molar-refractivity contribution < 1.29 is 18.9 Å². The normalized spacial score (nSPS) is 22.3. The smallest absolute Gasteiger partial charge is 0.150 e. The van der Waals surface area contributed by atoms with Crippen molar-refractivity contribution in [2.75, 3.05) is 6.61 Å². The lowest BCUT2D eigenvalue weighted by Gasteiger charge is -2.39. The summed E-state index contributed by atoms with van der Waals surface area (Å²) in [5.74, 6) is 1.51. The molecule has 1 saturated carbocycles. The number of allylic oxidation sites excluding steroid dienone is 1. The second kappa shape index (κ2) is 13.6. The number of rotatable bonds is 11. The Kier molecular flexibility index (Phi) is 9.43. The Balaban J connectivity index is 1.35. The van der Waals surface area contributed by atoms with Crippen LogP contribution in [-0.2, 0) is 38.8 Å². The summed E-state index contributed by atoms with van der Waals surface area (Å²) < 4.78 is 26.0. The Hall–Kier alpha value is -2.92. The molecule has 5 rings (SSSR count). The maximum atomic E-state index is 6.68. The van der Waals surface area contributed by atoms with Gasteiger partial charge in [-0.15, -0.1) is 0 Å². The monoisotopic (exact) mass is 498 g/mol. The van der Waals surface area contributed by atoms with Gasteiger partial charge in [0, 0.05) is 5.92 Å². The first-order chi connectivity index (χ1) is 18.3. The Morgan fingerprint density at radius 3 is 1.76 bits per heavy atom. The average molecular weight is 499 g/mol. The van der Waals surface area contributed by atoms with Crippen LogP contribution in [0.5, 0.6) is 0 Å². The van der Waals surface area contributed by atoms with E-state index in [0.717, 1.165) is 22.4 Å². The Labute approximate surface area is 221 Å². The molecule has 3 aromatic rings.